The molecule has 1 atom stereocenters. The van der Waals surface area contributed by atoms with Gasteiger partial charge < -0.3 is 5.32 Å². The second-order valence-corrected chi connectivity index (χ2v) is 3.67. The molecule has 0 aliphatic carbocycles. The zero-order valence-corrected chi connectivity index (χ0v) is 8.09. The predicted octanol–water partition coefficient (Wildman–Crippen LogP) is 1.60. The van der Waals surface area contributed by atoms with E-state index in [9.17, 15) is 0 Å². The lowest BCUT2D eigenvalue weighted by Crippen LogP contribution is -2.29. The van der Waals surface area contributed by atoms with Gasteiger partial charge in [-0.05, 0) is 25.5 Å². The summed E-state index contributed by atoms with van der Waals surface area (Å²) in [5.41, 5.74) is 0. The first kappa shape index (κ1) is 8.91. The Balaban J connectivity index is 2.14. The maximum Gasteiger partial charge on any atom is 0.134 e. The van der Waals surface area contributed by atoms with E-state index >= 15 is 0 Å². The molecule has 1 fully saturated rings. The molecule has 0 saturated carbocycles. The molecule has 1 aromatic rings. The van der Waals surface area contributed by atoms with E-state index in [0.717, 1.165) is 25.3 Å². The fraction of sp³-hybridized carbons (Fsp3) is 0.556. The fourth-order valence-corrected chi connectivity index (χ4v) is 1.76. The van der Waals surface area contributed by atoms with Crippen LogP contribution in [-0.4, -0.2) is 23.1 Å². The highest BCUT2D eigenvalue weighted by Gasteiger charge is 2.17. The topological polar surface area (TPSA) is 37.8 Å². The number of halogens is 1. The van der Waals surface area contributed by atoms with Gasteiger partial charge in [-0.3, -0.25) is 0 Å². The molecule has 13 heavy (non-hydrogen) atoms. The Hall–Kier alpha value is -0.670. The minimum absolute atomic E-state index is 0.437. The first-order valence-electron chi connectivity index (χ1n) is 4.55. The third kappa shape index (κ3) is 2.17. The molecular formula is C9H12ClN3. The van der Waals surface area contributed by atoms with E-state index in [1.54, 1.807) is 12.3 Å². The van der Waals surface area contributed by atoms with Crippen molar-refractivity contribution in [2.75, 3.05) is 13.1 Å². The molecule has 2 heterocycles. The molecule has 2 rings (SSSR count). The molecule has 0 spiro atoms. The van der Waals surface area contributed by atoms with Crippen LogP contribution in [0.15, 0.2) is 12.3 Å². The highest BCUT2D eigenvalue weighted by Crippen LogP contribution is 2.20. The van der Waals surface area contributed by atoms with Crippen LogP contribution in [0, 0.1) is 0 Å². The van der Waals surface area contributed by atoms with Crippen LogP contribution in [0.3, 0.4) is 0 Å². The van der Waals surface area contributed by atoms with Crippen molar-refractivity contribution in [1.29, 1.82) is 0 Å². The molecule has 0 radical (unpaired) electrons. The summed E-state index contributed by atoms with van der Waals surface area (Å²) in [6.45, 7) is 2.08. The second kappa shape index (κ2) is 4.03. The lowest BCUT2D eigenvalue weighted by molar-refractivity contribution is 0.446. The highest BCUT2D eigenvalue weighted by atomic mass is 35.5. The van der Waals surface area contributed by atoms with Crippen molar-refractivity contribution < 1.29 is 0 Å². The largest absolute Gasteiger partial charge is 0.316 e. The van der Waals surface area contributed by atoms with Crippen molar-refractivity contribution in [3.8, 4) is 0 Å². The van der Waals surface area contributed by atoms with Gasteiger partial charge in [0.15, 0.2) is 0 Å². The van der Waals surface area contributed by atoms with Gasteiger partial charge in [0, 0.05) is 18.7 Å². The lowest BCUT2D eigenvalue weighted by Gasteiger charge is -2.21. The summed E-state index contributed by atoms with van der Waals surface area (Å²) in [5.74, 6) is 1.31. The quantitative estimate of drug-likeness (QED) is 0.695. The highest BCUT2D eigenvalue weighted by molar-refractivity contribution is 6.29. The van der Waals surface area contributed by atoms with E-state index in [1.807, 2.05) is 0 Å². The van der Waals surface area contributed by atoms with E-state index in [1.165, 1.54) is 6.42 Å². The van der Waals surface area contributed by atoms with Crippen LogP contribution in [0.5, 0.6) is 0 Å². The van der Waals surface area contributed by atoms with Gasteiger partial charge in [-0.25, -0.2) is 9.97 Å². The van der Waals surface area contributed by atoms with E-state index in [0.29, 0.717) is 11.1 Å². The summed E-state index contributed by atoms with van der Waals surface area (Å²) in [7, 11) is 0. The Bertz CT molecular complexity index is 284. The third-order valence-electron chi connectivity index (χ3n) is 2.30. The van der Waals surface area contributed by atoms with Crippen LogP contribution >= 0.6 is 11.6 Å². The second-order valence-electron chi connectivity index (χ2n) is 3.28. The van der Waals surface area contributed by atoms with Crippen molar-refractivity contribution in [3.63, 3.8) is 0 Å². The predicted molar refractivity (Wildman–Crippen MR) is 51.9 cm³/mol. The van der Waals surface area contributed by atoms with Crippen molar-refractivity contribution >= 4 is 11.6 Å². The minimum Gasteiger partial charge on any atom is -0.316 e. The van der Waals surface area contributed by atoms with E-state index in [-0.39, 0.29) is 0 Å². The van der Waals surface area contributed by atoms with Gasteiger partial charge in [-0.2, -0.15) is 0 Å². The molecule has 0 bridgehead atoms. The first-order valence-corrected chi connectivity index (χ1v) is 4.93. The Morgan fingerprint density at radius 3 is 3.15 bits per heavy atom. The lowest BCUT2D eigenvalue weighted by atomic mass is 9.99. The molecule has 1 aliphatic rings. The normalized spacial score (nSPS) is 23.0. The molecule has 3 nitrogen and oxygen atoms in total. The van der Waals surface area contributed by atoms with Gasteiger partial charge in [-0.1, -0.05) is 11.6 Å². The molecule has 0 amide bonds. The van der Waals surface area contributed by atoms with Crippen LogP contribution in [0.2, 0.25) is 5.15 Å². The fourth-order valence-electron chi connectivity index (χ4n) is 1.62. The summed E-state index contributed by atoms with van der Waals surface area (Å²) < 4.78 is 0. The van der Waals surface area contributed by atoms with Gasteiger partial charge in [0.1, 0.15) is 11.0 Å². The van der Waals surface area contributed by atoms with Crippen LogP contribution in [0.25, 0.3) is 0 Å². The summed E-state index contributed by atoms with van der Waals surface area (Å²) >= 11 is 5.79. The van der Waals surface area contributed by atoms with Crippen molar-refractivity contribution in [3.05, 3.63) is 23.2 Å². The molecule has 4 heteroatoms. The Kier molecular flexibility index (Phi) is 2.76. The molecule has 1 aliphatic heterocycles. The minimum atomic E-state index is 0.437. The smallest absolute Gasteiger partial charge is 0.134 e. The van der Waals surface area contributed by atoms with Gasteiger partial charge in [-0.15, -0.1) is 0 Å². The summed E-state index contributed by atoms with van der Waals surface area (Å²) in [4.78, 5) is 8.44. The van der Waals surface area contributed by atoms with Gasteiger partial charge >= 0.3 is 0 Å². The van der Waals surface area contributed by atoms with Gasteiger partial charge in [0.2, 0.25) is 0 Å². The number of rotatable bonds is 1. The van der Waals surface area contributed by atoms with E-state index < -0.39 is 0 Å². The number of hydrogen-bond donors (Lipinski definition) is 1. The number of nitrogens with zero attached hydrogens (tertiary/aromatic N) is 2. The van der Waals surface area contributed by atoms with Crippen molar-refractivity contribution in [1.82, 2.24) is 15.3 Å². The van der Waals surface area contributed by atoms with Gasteiger partial charge in [0.05, 0.1) is 0 Å². The van der Waals surface area contributed by atoms with Gasteiger partial charge in [0.25, 0.3) is 0 Å². The molecular weight excluding hydrogens is 186 g/mol. The zero-order valence-electron chi connectivity index (χ0n) is 7.33. The van der Waals surface area contributed by atoms with Crippen molar-refractivity contribution in [2.45, 2.75) is 18.8 Å². The number of nitrogens with one attached hydrogen (secondary N) is 1. The molecule has 70 valence electrons. The average molecular weight is 198 g/mol. The monoisotopic (exact) mass is 197 g/mol. The molecule has 1 saturated heterocycles. The van der Waals surface area contributed by atoms with Crippen LogP contribution in [0.4, 0.5) is 0 Å². The number of piperidine rings is 1. The Morgan fingerprint density at radius 1 is 1.54 bits per heavy atom. The average Bonchev–Trinajstić information content (AvgIpc) is 2.19. The van der Waals surface area contributed by atoms with Crippen LogP contribution < -0.4 is 5.32 Å². The first-order chi connectivity index (χ1) is 6.36. The number of aromatic nitrogens is 2. The Morgan fingerprint density at radius 2 is 2.46 bits per heavy atom. The van der Waals surface area contributed by atoms with Crippen LogP contribution in [0.1, 0.15) is 24.6 Å². The maximum atomic E-state index is 5.79. The summed E-state index contributed by atoms with van der Waals surface area (Å²) in [6, 6.07) is 1.71. The summed E-state index contributed by atoms with van der Waals surface area (Å²) in [6.07, 6.45) is 4.08. The maximum absolute atomic E-state index is 5.79. The van der Waals surface area contributed by atoms with E-state index in [2.05, 4.69) is 15.3 Å². The molecule has 1 unspecified atom stereocenters. The van der Waals surface area contributed by atoms with Crippen molar-refractivity contribution in [2.24, 2.45) is 0 Å². The molecule has 1 N–H and O–H groups in total. The SMILES string of the molecule is Clc1ccnc(C2CCCNC2)n1. The Labute approximate surface area is 82.5 Å². The molecule has 0 aromatic carbocycles. The zero-order chi connectivity index (χ0) is 9.10. The standard InChI is InChI=1S/C9H12ClN3/c10-8-3-5-12-9(13-8)7-2-1-4-11-6-7/h3,5,7,11H,1-2,4,6H2. The number of hydrogen-bond acceptors (Lipinski definition) is 3. The summed E-state index contributed by atoms with van der Waals surface area (Å²) in [5, 5.41) is 3.87. The third-order valence-corrected chi connectivity index (χ3v) is 2.51. The molecule has 1 aromatic heterocycles. The van der Waals surface area contributed by atoms with Crippen LogP contribution in [-0.2, 0) is 0 Å². The van der Waals surface area contributed by atoms with E-state index in [4.69, 9.17) is 11.6 Å².